The number of benzene rings is 1. The molecule has 0 aliphatic carbocycles. The second-order valence-corrected chi connectivity index (χ2v) is 5.82. The van der Waals surface area contributed by atoms with E-state index in [0.717, 1.165) is 37.2 Å². The lowest BCUT2D eigenvalue weighted by Crippen LogP contribution is -2.42. The Hall–Kier alpha value is -2.08. The number of amides is 1. The fraction of sp³-hybridized carbons (Fsp3) is 0.556. The number of carbonyl (C=O) groups is 2. The van der Waals surface area contributed by atoms with E-state index in [2.05, 4.69) is 10.2 Å². The van der Waals surface area contributed by atoms with E-state index in [-0.39, 0.29) is 12.6 Å². The number of likely N-dealkylation sites (tertiary alicyclic amines) is 1. The smallest absolute Gasteiger partial charge is 0.396 e. The van der Waals surface area contributed by atoms with Gasteiger partial charge in [-0.1, -0.05) is 18.6 Å². The Labute approximate surface area is 143 Å². The van der Waals surface area contributed by atoms with Crippen LogP contribution in [-0.2, 0) is 14.3 Å². The molecule has 1 amide bonds. The first kappa shape index (κ1) is 18.3. The molecule has 0 radical (unpaired) electrons. The number of hydrogen-bond donors (Lipinski definition) is 1. The van der Waals surface area contributed by atoms with Crippen molar-refractivity contribution in [2.75, 3.05) is 33.4 Å². The number of esters is 1. The summed E-state index contributed by atoms with van der Waals surface area (Å²) in [7, 11) is 1.64. The van der Waals surface area contributed by atoms with Crippen LogP contribution in [0.15, 0.2) is 24.3 Å². The van der Waals surface area contributed by atoms with Crippen LogP contribution in [0.1, 0.15) is 37.8 Å². The quantitative estimate of drug-likeness (QED) is 0.636. The van der Waals surface area contributed by atoms with Crippen LogP contribution in [0.4, 0.5) is 0 Å². The molecule has 24 heavy (non-hydrogen) atoms. The molecule has 1 heterocycles. The van der Waals surface area contributed by atoms with Gasteiger partial charge in [-0.3, -0.25) is 9.69 Å². The summed E-state index contributed by atoms with van der Waals surface area (Å²) >= 11 is 0. The number of rotatable bonds is 6. The van der Waals surface area contributed by atoms with Crippen LogP contribution >= 0.6 is 0 Å². The maximum Gasteiger partial charge on any atom is 0.396 e. The van der Waals surface area contributed by atoms with E-state index in [1.54, 1.807) is 14.0 Å². The van der Waals surface area contributed by atoms with E-state index in [4.69, 9.17) is 9.47 Å². The van der Waals surface area contributed by atoms with Gasteiger partial charge in [-0.15, -0.1) is 0 Å². The zero-order valence-corrected chi connectivity index (χ0v) is 14.4. The van der Waals surface area contributed by atoms with Gasteiger partial charge in [0, 0.05) is 6.54 Å². The van der Waals surface area contributed by atoms with Gasteiger partial charge in [0.25, 0.3) is 0 Å². The third kappa shape index (κ3) is 4.96. The van der Waals surface area contributed by atoms with Crippen LogP contribution in [0.5, 0.6) is 5.75 Å². The normalized spacial score (nSPS) is 16.2. The maximum absolute atomic E-state index is 11.8. The molecular weight excluding hydrogens is 308 g/mol. The number of methoxy groups -OCH3 is 1. The van der Waals surface area contributed by atoms with Crippen molar-refractivity contribution < 1.29 is 19.1 Å². The number of hydrogen-bond acceptors (Lipinski definition) is 5. The van der Waals surface area contributed by atoms with Gasteiger partial charge in [-0.25, -0.2) is 4.79 Å². The van der Waals surface area contributed by atoms with Gasteiger partial charge in [0.2, 0.25) is 0 Å². The maximum atomic E-state index is 11.8. The van der Waals surface area contributed by atoms with E-state index >= 15 is 0 Å². The zero-order valence-electron chi connectivity index (χ0n) is 14.4. The molecule has 1 fully saturated rings. The van der Waals surface area contributed by atoms with E-state index in [1.807, 2.05) is 24.3 Å². The number of nitrogens with one attached hydrogen (secondary N) is 1. The Kier molecular flexibility index (Phi) is 7.06. The van der Waals surface area contributed by atoms with Crippen molar-refractivity contribution in [1.82, 2.24) is 10.2 Å². The highest BCUT2D eigenvalue weighted by atomic mass is 16.5. The first-order chi connectivity index (χ1) is 11.7. The molecule has 1 atom stereocenters. The van der Waals surface area contributed by atoms with E-state index in [0.29, 0.717) is 6.54 Å². The number of nitrogens with zero attached hydrogens (tertiary/aromatic N) is 1. The molecule has 0 spiro atoms. The summed E-state index contributed by atoms with van der Waals surface area (Å²) in [6, 6.07) is 7.86. The fourth-order valence-corrected chi connectivity index (χ4v) is 2.99. The van der Waals surface area contributed by atoms with Crippen molar-refractivity contribution in [1.29, 1.82) is 0 Å². The summed E-state index contributed by atoms with van der Waals surface area (Å²) in [6.45, 7) is 4.20. The predicted octanol–water partition coefficient (Wildman–Crippen LogP) is 1.90. The van der Waals surface area contributed by atoms with Crippen molar-refractivity contribution in [2.45, 2.75) is 32.2 Å². The first-order valence-electron chi connectivity index (χ1n) is 8.48. The Morgan fingerprint density at radius 2 is 2.00 bits per heavy atom. The summed E-state index contributed by atoms with van der Waals surface area (Å²) in [4.78, 5) is 25.7. The minimum absolute atomic E-state index is 0.0128. The molecule has 1 unspecified atom stereocenters. The Morgan fingerprint density at radius 1 is 1.25 bits per heavy atom. The van der Waals surface area contributed by atoms with Gasteiger partial charge in [0.15, 0.2) is 0 Å². The largest absolute Gasteiger partial charge is 0.497 e. The van der Waals surface area contributed by atoms with Crippen LogP contribution in [0.25, 0.3) is 0 Å². The summed E-state index contributed by atoms with van der Waals surface area (Å²) in [5.74, 6) is -0.742. The van der Waals surface area contributed by atoms with Crippen LogP contribution in [0.3, 0.4) is 0 Å². The van der Waals surface area contributed by atoms with Gasteiger partial charge >= 0.3 is 11.9 Å². The van der Waals surface area contributed by atoms with Gasteiger partial charge in [-0.05, 0) is 50.6 Å². The average Bonchev–Trinajstić information content (AvgIpc) is 2.63. The average molecular weight is 334 g/mol. The van der Waals surface area contributed by atoms with Gasteiger partial charge in [0.05, 0.1) is 19.8 Å². The molecule has 0 aromatic heterocycles. The molecule has 1 aromatic carbocycles. The molecule has 0 saturated carbocycles. The molecule has 0 bridgehead atoms. The summed E-state index contributed by atoms with van der Waals surface area (Å²) in [6.07, 6.45) is 3.52. The monoisotopic (exact) mass is 334 g/mol. The summed E-state index contributed by atoms with van der Waals surface area (Å²) in [5.41, 5.74) is 1.07. The number of piperidine rings is 1. The molecule has 1 N–H and O–H groups in total. The number of ether oxygens (including phenoxy) is 2. The van der Waals surface area contributed by atoms with Crippen LogP contribution in [-0.4, -0.2) is 50.1 Å². The Balaban J connectivity index is 2.10. The molecule has 2 rings (SSSR count). The standard InChI is InChI=1S/C18H26N2O4/c1-3-24-18(22)17(21)19-13-16(20-10-5-4-6-11-20)14-8-7-9-15(12-14)23-2/h7-9,12,16H,3-6,10-11,13H2,1-2H3,(H,19,21). The van der Waals surface area contributed by atoms with Crippen LogP contribution in [0.2, 0.25) is 0 Å². The predicted molar refractivity (Wildman–Crippen MR) is 90.8 cm³/mol. The third-order valence-corrected chi connectivity index (χ3v) is 4.23. The molecular formula is C18H26N2O4. The molecule has 1 aromatic rings. The van der Waals surface area contributed by atoms with Crippen molar-refractivity contribution in [3.63, 3.8) is 0 Å². The fourth-order valence-electron chi connectivity index (χ4n) is 2.99. The lowest BCUT2D eigenvalue weighted by molar-refractivity contribution is -0.154. The molecule has 132 valence electrons. The highest BCUT2D eigenvalue weighted by Gasteiger charge is 2.24. The minimum Gasteiger partial charge on any atom is -0.497 e. The SMILES string of the molecule is CCOC(=O)C(=O)NCC(c1cccc(OC)c1)N1CCCCC1. The van der Waals surface area contributed by atoms with E-state index in [9.17, 15) is 9.59 Å². The van der Waals surface area contributed by atoms with E-state index in [1.165, 1.54) is 6.42 Å². The molecule has 6 nitrogen and oxygen atoms in total. The summed E-state index contributed by atoms with van der Waals surface area (Å²) in [5, 5.41) is 2.70. The van der Waals surface area contributed by atoms with Crippen molar-refractivity contribution in [3.8, 4) is 5.75 Å². The van der Waals surface area contributed by atoms with Crippen LogP contribution < -0.4 is 10.1 Å². The lowest BCUT2D eigenvalue weighted by Gasteiger charge is -2.35. The molecule has 1 aliphatic rings. The lowest BCUT2D eigenvalue weighted by atomic mass is 10.0. The van der Waals surface area contributed by atoms with Crippen LogP contribution in [0, 0.1) is 0 Å². The Bertz CT molecular complexity index is 556. The van der Waals surface area contributed by atoms with Gasteiger partial charge < -0.3 is 14.8 Å². The highest BCUT2D eigenvalue weighted by molar-refractivity contribution is 6.32. The van der Waals surface area contributed by atoms with Gasteiger partial charge in [0.1, 0.15) is 5.75 Å². The van der Waals surface area contributed by atoms with Gasteiger partial charge in [-0.2, -0.15) is 0 Å². The third-order valence-electron chi connectivity index (χ3n) is 4.23. The first-order valence-corrected chi connectivity index (χ1v) is 8.48. The highest BCUT2D eigenvalue weighted by Crippen LogP contribution is 2.26. The second-order valence-electron chi connectivity index (χ2n) is 5.82. The Morgan fingerprint density at radius 3 is 2.67 bits per heavy atom. The number of carbonyl (C=O) groups excluding carboxylic acids is 2. The second kappa shape index (κ2) is 9.27. The van der Waals surface area contributed by atoms with E-state index < -0.39 is 11.9 Å². The van der Waals surface area contributed by atoms with Crippen molar-refractivity contribution >= 4 is 11.9 Å². The van der Waals surface area contributed by atoms with Crippen molar-refractivity contribution in [2.24, 2.45) is 0 Å². The zero-order chi connectivity index (χ0) is 17.4. The molecule has 1 saturated heterocycles. The molecule has 1 aliphatic heterocycles. The molecule has 6 heteroatoms. The van der Waals surface area contributed by atoms with Crippen molar-refractivity contribution in [3.05, 3.63) is 29.8 Å². The minimum atomic E-state index is -0.833. The summed E-state index contributed by atoms with van der Waals surface area (Å²) < 4.78 is 10.0. The topological polar surface area (TPSA) is 67.9 Å².